The van der Waals surface area contributed by atoms with Crippen LogP contribution < -0.4 is 9.80 Å². The molecule has 1 aliphatic rings. The van der Waals surface area contributed by atoms with Gasteiger partial charge in [0.05, 0.1) is 11.7 Å². The minimum atomic E-state index is 0.165. The van der Waals surface area contributed by atoms with E-state index in [-0.39, 0.29) is 6.04 Å². The number of hydrogen-bond donors (Lipinski definition) is 0. The van der Waals surface area contributed by atoms with Crippen LogP contribution in [0.3, 0.4) is 0 Å². The lowest BCUT2D eigenvalue weighted by Gasteiger charge is -2.33. The number of benzene rings is 8. The van der Waals surface area contributed by atoms with Gasteiger partial charge in [-0.25, -0.2) is 0 Å². The first-order valence-corrected chi connectivity index (χ1v) is 18.7. The van der Waals surface area contributed by atoms with Crippen LogP contribution in [0.5, 0.6) is 0 Å². The summed E-state index contributed by atoms with van der Waals surface area (Å²) in [5, 5.41) is 2.46. The largest absolute Gasteiger partial charge is 0.334 e. The molecule has 0 aliphatic heterocycles. The zero-order chi connectivity index (χ0) is 36.1. The van der Waals surface area contributed by atoms with Crippen molar-refractivity contribution < 1.29 is 0 Å². The molecule has 258 valence electrons. The molecule has 2 nitrogen and oxygen atoms in total. The maximum Gasteiger partial charge on any atom is 0.0560 e. The number of nitrogens with zero attached hydrogens (tertiary/aromatic N) is 2. The van der Waals surface area contributed by atoms with Crippen molar-refractivity contribution in [3.63, 3.8) is 0 Å². The average Bonchev–Trinajstić information content (AvgIpc) is 3.26. The summed E-state index contributed by atoms with van der Waals surface area (Å²) in [6, 6.07) is 74.1. The normalized spacial score (nSPS) is 13.7. The predicted octanol–water partition coefficient (Wildman–Crippen LogP) is 14.2. The molecule has 0 spiro atoms. The van der Waals surface area contributed by atoms with Crippen molar-refractivity contribution in [2.75, 3.05) is 9.80 Å². The van der Waals surface area contributed by atoms with Crippen LogP contribution in [0.25, 0.3) is 38.6 Å². The number of rotatable bonds is 9. The second-order valence-corrected chi connectivity index (χ2v) is 13.7. The fraction of sp³-hybridized carbons (Fsp3) is 0.0385. The van der Waals surface area contributed by atoms with Crippen LogP contribution in [0, 0.1) is 0 Å². The molecule has 0 fully saturated rings. The highest BCUT2D eigenvalue weighted by Gasteiger charge is 2.22. The molecular weight excluding hydrogens is 653 g/mol. The Morgan fingerprint density at radius 2 is 0.833 bits per heavy atom. The molecule has 2 heteroatoms. The van der Waals surface area contributed by atoms with Gasteiger partial charge in [0.1, 0.15) is 0 Å². The molecule has 0 saturated heterocycles. The summed E-state index contributed by atoms with van der Waals surface area (Å²) in [6.45, 7) is 0. The highest BCUT2D eigenvalue weighted by Crippen LogP contribution is 2.40. The smallest absolute Gasteiger partial charge is 0.0560 e. The van der Waals surface area contributed by atoms with Gasteiger partial charge in [0.15, 0.2) is 0 Å². The topological polar surface area (TPSA) is 6.48 Å². The fourth-order valence-corrected chi connectivity index (χ4v) is 7.65. The Kier molecular flexibility index (Phi) is 9.15. The summed E-state index contributed by atoms with van der Waals surface area (Å²) in [5.74, 6) is 0. The molecule has 0 aromatic heterocycles. The van der Waals surface area contributed by atoms with Crippen LogP contribution in [0.15, 0.2) is 224 Å². The molecule has 8 aromatic rings. The standard InChI is InChI=1S/C52H40N2/c1-4-13-39(14-5-1)41-23-31-47(32-24-41)53(48-33-25-42(26-34-48)40-15-6-2-7-16-40)49-35-27-43(28-36-49)44-29-37-50(38-30-44)54(46-19-8-3-9-20-46)52-22-12-18-45-17-10-11-21-51(45)52/h1-35,37-38,49H,36H2. The molecule has 8 aromatic carbocycles. The van der Waals surface area contributed by atoms with E-state index in [1.807, 2.05) is 0 Å². The average molecular weight is 693 g/mol. The third-order valence-corrected chi connectivity index (χ3v) is 10.4. The van der Waals surface area contributed by atoms with Crippen LogP contribution in [0.2, 0.25) is 0 Å². The van der Waals surface area contributed by atoms with Crippen LogP contribution in [0.4, 0.5) is 28.4 Å². The zero-order valence-electron chi connectivity index (χ0n) is 30.0. The van der Waals surface area contributed by atoms with E-state index in [4.69, 9.17) is 0 Å². The number of para-hydroxylation sites is 1. The third kappa shape index (κ3) is 6.74. The fourth-order valence-electron chi connectivity index (χ4n) is 7.65. The maximum atomic E-state index is 2.47. The Bertz CT molecular complexity index is 2450. The summed E-state index contributed by atoms with van der Waals surface area (Å²) < 4.78 is 0. The predicted molar refractivity (Wildman–Crippen MR) is 230 cm³/mol. The highest BCUT2D eigenvalue weighted by molar-refractivity contribution is 5.99. The van der Waals surface area contributed by atoms with Gasteiger partial charge in [-0.1, -0.05) is 170 Å². The van der Waals surface area contributed by atoms with E-state index < -0.39 is 0 Å². The van der Waals surface area contributed by atoms with E-state index in [0.29, 0.717) is 0 Å². The molecule has 0 bridgehead atoms. The molecular formula is C52H40N2. The minimum Gasteiger partial charge on any atom is -0.334 e. The molecule has 0 heterocycles. The molecule has 0 radical (unpaired) electrons. The van der Waals surface area contributed by atoms with Crippen molar-refractivity contribution in [2.24, 2.45) is 0 Å². The van der Waals surface area contributed by atoms with Crippen LogP contribution in [-0.2, 0) is 0 Å². The first-order chi connectivity index (χ1) is 26.8. The van der Waals surface area contributed by atoms with Gasteiger partial charge in [0.25, 0.3) is 0 Å². The number of allylic oxidation sites excluding steroid dienone is 2. The molecule has 0 N–H and O–H groups in total. The van der Waals surface area contributed by atoms with Gasteiger partial charge < -0.3 is 9.80 Å². The monoisotopic (exact) mass is 692 g/mol. The zero-order valence-corrected chi connectivity index (χ0v) is 30.0. The minimum absolute atomic E-state index is 0.165. The second-order valence-electron chi connectivity index (χ2n) is 13.7. The lowest BCUT2D eigenvalue weighted by molar-refractivity contribution is 0.787. The summed E-state index contributed by atoms with van der Waals surface area (Å²) >= 11 is 0. The van der Waals surface area contributed by atoms with E-state index >= 15 is 0 Å². The van der Waals surface area contributed by atoms with Crippen molar-refractivity contribution in [1.82, 2.24) is 0 Å². The van der Waals surface area contributed by atoms with Crippen LogP contribution >= 0.6 is 0 Å². The SMILES string of the molecule is C1=CC(N(c2ccc(-c3ccccc3)cc2)c2ccc(-c3ccccc3)cc2)CC=C1c1ccc(N(c2ccccc2)c2cccc3ccccc23)cc1. The van der Waals surface area contributed by atoms with Gasteiger partial charge in [0.2, 0.25) is 0 Å². The van der Waals surface area contributed by atoms with Crippen molar-refractivity contribution in [3.8, 4) is 22.3 Å². The van der Waals surface area contributed by atoms with Gasteiger partial charge in [0, 0.05) is 28.1 Å². The quantitative estimate of drug-likeness (QED) is 0.149. The van der Waals surface area contributed by atoms with E-state index in [0.717, 1.165) is 17.8 Å². The Hall–Kier alpha value is -6.90. The molecule has 54 heavy (non-hydrogen) atoms. The molecule has 0 saturated carbocycles. The highest BCUT2D eigenvalue weighted by atomic mass is 15.2. The van der Waals surface area contributed by atoms with Gasteiger partial charge in [-0.15, -0.1) is 0 Å². The van der Waals surface area contributed by atoms with E-state index in [1.54, 1.807) is 0 Å². The third-order valence-electron chi connectivity index (χ3n) is 10.4. The lowest BCUT2D eigenvalue weighted by Crippen LogP contribution is -2.30. The van der Waals surface area contributed by atoms with Gasteiger partial charge in [-0.2, -0.15) is 0 Å². The van der Waals surface area contributed by atoms with Crippen LogP contribution in [0.1, 0.15) is 12.0 Å². The number of hydrogen-bond acceptors (Lipinski definition) is 2. The van der Waals surface area contributed by atoms with Crippen molar-refractivity contribution in [1.29, 1.82) is 0 Å². The van der Waals surface area contributed by atoms with Crippen molar-refractivity contribution in [2.45, 2.75) is 12.5 Å². The van der Waals surface area contributed by atoms with Crippen molar-refractivity contribution >= 4 is 44.8 Å². The lowest BCUT2D eigenvalue weighted by atomic mass is 9.95. The van der Waals surface area contributed by atoms with E-state index in [2.05, 4.69) is 234 Å². The second kappa shape index (κ2) is 15.0. The molecule has 9 rings (SSSR count). The summed E-state index contributed by atoms with van der Waals surface area (Å²) in [6.07, 6.45) is 7.95. The Morgan fingerprint density at radius 3 is 1.41 bits per heavy atom. The van der Waals surface area contributed by atoms with E-state index in [1.165, 1.54) is 61.2 Å². The molecule has 1 unspecified atom stereocenters. The van der Waals surface area contributed by atoms with Gasteiger partial charge in [-0.3, -0.25) is 0 Å². The van der Waals surface area contributed by atoms with E-state index in [9.17, 15) is 0 Å². The Labute approximate surface area is 318 Å². The molecule has 1 aliphatic carbocycles. The molecule has 0 amide bonds. The molecule has 1 atom stereocenters. The van der Waals surface area contributed by atoms with Gasteiger partial charge >= 0.3 is 0 Å². The summed E-state index contributed by atoms with van der Waals surface area (Å²) in [7, 11) is 0. The maximum absolute atomic E-state index is 2.47. The number of fused-ring (bicyclic) bond motifs is 1. The number of anilines is 5. The Morgan fingerprint density at radius 1 is 0.370 bits per heavy atom. The first-order valence-electron chi connectivity index (χ1n) is 18.7. The summed E-state index contributed by atoms with van der Waals surface area (Å²) in [4.78, 5) is 4.83. The summed E-state index contributed by atoms with van der Waals surface area (Å²) in [5.41, 5.74) is 13.1. The van der Waals surface area contributed by atoms with Crippen LogP contribution in [-0.4, -0.2) is 6.04 Å². The van der Waals surface area contributed by atoms with Gasteiger partial charge in [-0.05, 0) is 99.8 Å². The Balaban J connectivity index is 1.01. The first kappa shape index (κ1) is 33.0. The van der Waals surface area contributed by atoms with Crippen molar-refractivity contribution in [3.05, 3.63) is 230 Å².